The lowest BCUT2D eigenvalue weighted by atomic mass is 10.1. The van der Waals surface area contributed by atoms with Crippen molar-refractivity contribution in [3.63, 3.8) is 0 Å². The van der Waals surface area contributed by atoms with Crippen molar-refractivity contribution in [2.24, 2.45) is 0 Å². The molecule has 0 aliphatic heterocycles. The Balaban J connectivity index is 1.68. The van der Waals surface area contributed by atoms with Gasteiger partial charge in [0, 0.05) is 35.1 Å². The minimum Gasteiger partial charge on any atom is -0.332 e. The Hall–Kier alpha value is -3.58. The Morgan fingerprint density at radius 3 is 2.34 bits per heavy atom. The molecule has 0 radical (unpaired) electrons. The fourth-order valence-electron chi connectivity index (χ4n) is 2.85. The summed E-state index contributed by atoms with van der Waals surface area (Å²) in [6, 6.07) is 16.1. The molecule has 0 aliphatic carbocycles. The second-order valence-electron chi connectivity index (χ2n) is 6.23. The quantitative estimate of drug-likeness (QED) is 0.538. The van der Waals surface area contributed by atoms with Gasteiger partial charge in [0.2, 0.25) is 0 Å². The van der Waals surface area contributed by atoms with Crippen LogP contribution < -0.4 is 5.32 Å². The molecule has 29 heavy (non-hydrogen) atoms. The molecule has 2 aromatic heterocycles. The molecule has 0 atom stereocenters. The average molecular weight is 408 g/mol. The second-order valence-corrected chi connectivity index (χ2v) is 6.66. The van der Waals surface area contributed by atoms with Gasteiger partial charge < -0.3 is 5.32 Å². The van der Waals surface area contributed by atoms with E-state index in [9.17, 15) is 9.18 Å². The molecule has 144 valence electrons. The molecule has 0 saturated carbocycles. The molecule has 4 rings (SSSR count). The number of amides is 1. The van der Waals surface area contributed by atoms with E-state index < -0.39 is 6.03 Å². The SMILES string of the molecule is O=C(NCc1ccc(Cl)cc1)n1nnc(-c2ccc(F)cc2)c1-c1ccncc1. The maximum Gasteiger partial charge on any atom is 0.344 e. The molecule has 0 unspecified atom stereocenters. The summed E-state index contributed by atoms with van der Waals surface area (Å²) in [6.45, 7) is 0.303. The summed E-state index contributed by atoms with van der Waals surface area (Å²) in [4.78, 5) is 16.8. The molecule has 6 nitrogen and oxygen atoms in total. The Labute approximate surface area is 171 Å². The fraction of sp³-hybridized carbons (Fsp3) is 0.0476. The van der Waals surface area contributed by atoms with E-state index in [0.29, 0.717) is 34.1 Å². The van der Waals surface area contributed by atoms with E-state index in [4.69, 9.17) is 11.6 Å². The van der Waals surface area contributed by atoms with E-state index >= 15 is 0 Å². The maximum absolute atomic E-state index is 13.3. The lowest BCUT2D eigenvalue weighted by Gasteiger charge is -2.09. The predicted octanol–water partition coefficient (Wildman–Crippen LogP) is 4.56. The topological polar surface area (TPSA) is 72.7 Å². The third-order valence-corrected chi connectivity index (χ3v) is 4.54. The first-order valence-electron chi connectivity index (χ1n) is 8.76. The Morgan fingerprint density at radius 1 is 0.966 bits per heavy atom. The van der Waals surface area contributed by atoms with E-state index in [2.05, 4.69) is 20.6 Å². The van der Waals surface area contributed by atoms with E-state index in [1.165, 1.54) is 16.8 Å². The van der Waals surface area contributed by atoms with Crippen LogP contribution in [0.2, 0.25) is 5.02 Å². The van der Waals surface area contributed by atoms with Gasteiger partial charge in [0.15, 0.2) is 0 Å². The van der Waals surface area contributed by atoms with E-state index in [-0.39, 0.29) is 5.82 Å². The number of aromatic nitrogens is 4. The highest BCUT2D eigenvalue weighted by Crippen LogP contribution is 2.30. The number of carbonyl (C=O) groups is 1. The van der Waals surface area contributed by atoms with Gasteiger partial charge in [-0.15, -0.1) is 5.10 Å². The zero-order valence-corrected chi connectivity index (χ0v) is 15.8. The first-order valence-corrected chi connectivity index (χ1v) is 9.14. The van der Waals surface area contributed by atoms with Gasteiger partial charge in [0.05, 0.1) is 0 Å². The first kappa shape index (κ1) is 18.8. The molecule has 0 aliphatic rings. The van der Waals surface area contributed by atoms with Crippen LogP contribution in [-0.4, -0.2) is 26.0 Å². The van der Waals surface area contributed by atoms with Crippen LogP contribution in [0.25, 0.3) is 22.5 Å². The standard InChI is InChI=1S/C21H15ClFN5O/c22-17-5-1-14(2-6-17)13-25-21(29)28-20(16-9-11-24-12-10-16)19(26-27-28)15-3-7-18(23)8-4-15/h1-12H,13H2,(H,25,29). The number of nitrogens with zero attached hydrogens (tertiary/aromatic N) is 4. The molecule has 4 aromatic rings. The molecule has 2 heterocycles. The van der Waals surface area contributed by atoms with Crippen molar-refractivity contribution < 1.29 is 9.18 Å². The van der Waals surface area contributed by atoms with Crippen molar-refractivity contribution in [2.75, 3.05) is 0 Å². The van der Waals surface area contributed by atoms with Crippen LogP contribution in [0.15, 0.2) is 73.1 Å². The fourth-order valence-corrected chi connectivity index (χ4v) is 2.98. The molecule has 1 N–H and O–H groups in total. The number of rotatable bonds is 4. The molecule has 0 fully saturated rings. The molecule has 0 saturated heterocycles. The third-order valence-electron chi connectivity index (χ3n) is 4.29. The number of hydrogen-bond donors (Lipinski definition) is 1. The summed E-state index contributed by atoms with van der Waals surface area (Å²) in [5.41, 5.74) is 3.22. The molecule has 1 amide bonds. The van der Waals surface area contributed by atoms with Crippen LogP contribution in [0.5, 0.6) is 0 Å². The molecule has 8 heteroatoms. The highest BCUT2D eigenvalue weighted by Gasteiger charge is 2.21. The van der Waals surface area contributed by atoms with Crippen LogP contribution in [0.4, 0.5) is 9.18 Å². The summed E-state index contributed by atoms with van der Waals surface area (Å²) >= 11 is 5.89. The summed E-state index contributed by atoms with van der Waals surface area (Å²) in [6.07, 6.45) is 3.24. The van der Waals surface area contributed by atoms with Crippen LogP contribution >= 0.6 is 11.6 Å². The van der Waals surface area contributed by atoms with Gasteiger partial charge in [0.1, 0.15) is 17.2 Å². The van der Waals surface area contributed by atoms with Gasteiger partial charge in [-0.3, -0.25) is 4.98 Å². The van der Waals surface area contributed by atoms with Gasteiger partial charge in [-0.05, 0) is 54.1 Å². The third kappa shape index (κ3) is 4.14. The van der Waals surface area contributed by atoms with Crippen molar-refractivity contribution in [3.8, 4) is 22.5 Å². The van der Waals surface area contributed by atoms with Crippen molar-refractivity contribution in [1.82, 2.24) is 25.3 Å². The second kappa shape index (κ2) is 8.20. The summed E-state index contributed by atoms with van der Waals surface area (Å²) in [5, 5.41) is 11.7. The first-order chi connectivity index (χ1) is 14.1. The van der Waals surface area contributed by atoms with E-state index in [0.717, 1.165) is 5.56 Å². The van der Waals surface area contributed by atoms with Crippen LogP contribution in [-0.2, 0) is 6.54 Å². The van der Waals surface area contributed by atoms with Crippen molar-refractivity contribution in [2.45, 2.75) is 6.54 Å². The molecular formula is C21H15ClFN5O. The number of nitrogens with one attached hydrogen (secondary N) is 1. The highest BCUT2D eigenvalue weighted by atomic mass is 35.5. The minimum absolute atomic E-state index is 0.303. The number of hydrogen-bond acceptors (Lipinski definition) is 4. The number of pyridine rings is 1. The predicted molar refractivity (Wildman–Crippen MR) is 108 cm³/mol. The Kier molecular flexibility index (Phi) is 5.31. The summed E-state index contributed by atoms with van der Waals surface area (Å²) in [7, 11) is 0. The number of benzene rings is 2. The molecule has 2 aromatic carbocycles. The van der Waals surface area contributed by atoms with Gasteiger partial charge in [-0.1, -0.05) is 28.9 Å². The minimum atomic E-state index is -0.437. The molecular weight excluding hydrogens is 393 g/mol. The van der Waals surface area contributed by atoms with Gasteiger partial charge in [-0.2, -0.15) is 4.68 Å². The van der Waals surface area contributed by atoms with Crippen molar-refractivity contribution >= 4 is 17.6 Å². The average Bonchev–Trinajstić information content (AvgIpc) is 3.19. The van der Waals surface area contributed by atoms with Gasteiger partial charge in [-0.25, -0.2) is 9.18 Å². The van der Waals surface area contributed by atoms with Gasteiger partial charge >= 0.3 is 6.03 Å². The van der Waals surface area contributed by atoms with Crippen LogP contribution in [0.3, 0.4) is 0 Å². The largest absolute Gasteiger partial charge is 0.344 e. The summed E-state index contributed by atoms with van der Waals surface area (Å²) < 4.78 is 14.5. The van der Waals surface area contributed by atoms with Crippen LogP contribution in [0.1, 0.15) is 5.56 Å². The van der Waals surface area contributed by atoms with Crippen molar-refractivity contribution in [1.29, 1.82) is 0 Å². The maximum atomic E-state index is 13.3. The zero-order valence-electron chi connectivity index (χ0n) is 15.1. The molecule has 0 spiro atoms. The number of carbonyl (C=O) groups excluding carboxylic acids is 1. The zero-order chi connectivity index (χ0) is 20.2. The lowest BCUT2D eigenvalue weighted by Crippen LogP contribution is -2.29. The normalized spacial score (nSPS) is 10.7. The lowest BCUT2D eigenvalue weighted by molar-refractivity contribution is 0.239. The van der Waals surface area contributed by atoms with E-state index in [1.54, 1.807) is 48.8 Å². The number of halogens is 2. The highest BCUT2D eigenvalue weighted by molar-refractivity contribution is 6.30. The van der Waals surface area contributed by atoms with Gasteiger partial charge in [0.25, 0.3) is 0 Å². The Morgan fingerprint density at radius 2 is 1.66 bits per heavy atom. The monoisotopic (exact) mass is 407 g/mol. The Bertz CT molecular complexity index is 1130. The smallest absolute Gasteiger partial charge is 0.332 e. The van der Waals surface area contributed by atoms with Crippen LogP contribution in [0, 0.1) is 5.82 Å². The molecule has 0 bridgehead atoms. The summed E-state index contributed by atoms with van der Waals surface area (Å²) in [5.74, 6) is -0.354. The van der Waals surface area contributed by atoms with Crippen molar-refractivity contribution in [3.05, 3.63) is 89.5 Å². The van der Waals surface area contributed by atoms with E-state index in [1.807, 2.05) is 12.1 Å².